The van der Waals surface area contributed by atoms with Gasteiger partial charge in [0, 0.05) is 29.3 Å². The van der Waals surface area contributed by atoms with Gasteiger partial charge in [0.15, 0.2) is 11.5 Å². The van der Waals surface area contributed by atoms with E-state index in [1.54, 1.807) is 18.2 Å². The van der Waals surface area contributed by atoms with Crippen LogP contribution in [-0.4, -0.2) is 25.4 Å². The lowest BCUT2D eigenvalue weighted by molar-refractivity contribution is -0.138. The second kappa shape index (κ2) is 5.37. The van der Waals surface area contributed by atoms with Gasteiger partial charge in [0.2, 0.25) is 6.79 Å². The zero-order valence-corrected chi connectivity index (χ0v) is 11.5. The standard InChI is InChI=1S/C15H14N2O4/c1-9-4-11(15(18)21-9)5-10-6-13-14(20-8-19-13)7-12(10)17-3-2-16/h5-7,9,17H,3-4,8H2,1H3/b11-5-. The SMILES string of the molecule is CC1C/C(=C/c2cc3c(cc2NCC#N)OCO3)C(=O)O1. The van der Waals surface area contributed by atoms with Gasteiger partial charge in [0.05, 0.1) is 6.07 Å². The Bertz CT molecular complexity index is 660. The van der Waals surface area contributed by atoms with Crippen molar-refractivity contribution in [3.05, 3.63) is 23.3 Å². The molecule has 0 radical (unpaired) electrons. The Morgan fingerprint density at radius 1 is 1.43 bits per heavy atom. The molecule has 2 aliphatic heterocycles. The normalized spacial score (nSPS) is 21.2. The smallest absolute Gasteiger partial charge is 0.334 e. The predicted octanol–water partition coefficient (Wildman–Crippen LogP) is 2.07. The number of benzene rings is 1. The number of nitrogens with zero attached hydrogens (tertiary/aromatic N) is 1. The first kappa shape index (κ1) is 13.3. The van der Waals surface area contributed by atoms with Gasteiger partial charge in [-0.25, -0.2) is 4.79 Å². The first-order valence-corrected chi connectivity index (χ1v) is 6.63. The quantitative estimate of drug-likeness (QED) is 0.520. The molecule has 21 heavy (non-hydrogen) atoms. The van der Waals surface area contributed by atoms with Gasteiger partial charge in [-0.05, 0) is 19.1 Å². The molecule has 0 aliphatic carbocycles. The van der Waals surface area contributed by atoms with E-state index < -0.39 is 0 Å². The molecule has 1 N–H and O–H groups in total. The molecule has 0 bridgehead atoms. The van der Waals surface area contributed by atoms with Crippen LogP contribution in [0.3, 0.4) is 0 Å². The molecule has 2 heterocycles. The van der Waals surface area contributed by atoms with Crippen molar-refractivity contribution >= 4 is 17.7 Å². The number of hydrogen-bond donors (Lipinski definition) is 1. The Balaban J connectivity index is 1.98. The monoisotopic (exact) mass is 286 g/mol. The molecule has 2 aliphatic rings. The maximum Gasteiger partial charge on any atom is 0.334 e. The van der Waals surface area contributed by atoms with Crippen molar-refractivity contribution in [3.63, 3.8) is 0 Å². The van der Waals surface area contributed by atoms with Crippen LogP contribution in [0.5, 0.6) is 11.5 Å². The molecule has 0 amide bonds. The maximum atomic E-state index is 11.7. The van der Waals surface area contributed by atoms with Gasteiger partial charge >= 0.3 is 5.97 Å². The second-order valence-electron chi connectivity index (χ2n) is 4.89. The largest absolute Gasteiger partial charge is 0.459 e. The molecule has 1 fully saturated rings. The van der Waals surface area contributed by atoms with Gasteiger partial charge in [0.25, 0.3) is 0 Å². The first-order chi connectivity index (χ1) is 10.2. The number of carbonyl (C=O) groups excluding carboxylic acids is 1. The summed E-state index contributed by atoms with van der Waals surface area (Å²) >= 11 is 0. The third-order valence-electron chi connectivity index (χ3n) is 3.31. The summed E-state index contributed by atoms with van der Waals surface area (Å²) in [5, 5.41) is 11.7. The van der Waals surface area contributed by atoms with E-state index in [4.69, 9.17) is 19.5 Å². The highest BCUT2D eigenvalue weighted by molar-refractivity contribution is 5.96. The minimum Gasteiger partial charge on any atom is -0.459 e. The van der Waals surface area contributed by atoms with Crippen molar-refractivity contribution in [1.82, 2.24) is 0 Å². The van der Waals surface area contributed by atoms with E-state index in [0.717, 1.165) is 11.3 Å². The van der Waals surface area contributed by atoms with Crippen LogP contribution in [0.2, 0.25) is 0 Å². The average molecular weight is 286 g/mol. The highest BCUT2D eigenvalue weighted by Gasteiger charge is 2.26. The van der Waals surface area contributed by atoms with Crippen molar-refractivity contribution in [2.45, 2.75) is 19.4 Å². The van der Waals surface area contributed by atoms with E-state index >= 15 is 0 Å². The summed E-state index contributed by atoms with van der Waals surface area (Å²) in [4.78, 5) is 11.7. The van der Waals surface area contributed by atoms with Gasteiger partial charge in [-0.3, -0.25) is 0 Å². The summed E-state index contributed by atoms with van der Waals surface area (Å²) in [7, 11) is 0. The third kappa shape index (κ3) is 2.63. The molecule has 1 aromatic rings. The van der Waals surface area contributed by atoms with Crippen LogP contribution in [0.25, 0.3) is 6.08 Å². The third-order valence-corrected chi connectivity index (χ3v) is 3.31. The topological polar surface area (TPSA) is 80.6 Å². The summed E-state index contributed by atoms with van der Waals surface area (Å²) in [6.45, 7) is 2.19. The molecule has 1 saturated heterocycles. The number of ether oxygens (including phenoxy) is 3. The molecule has 0 spiro atoms. The number of esters is 1. The highest BCUT2D eigenvalue weighted by atomic mass is 16.7. The van der Waals surface area contributed by atoms with Crippen LogP contribution in [0.1, 0.15) is 18.9 Å². The minimum absolute atomic E-state index is 0.103. The van der Waals surface area contributed by atoms with E-state index in [1.807, 2.05) is 13.0 Å². The van der Waals surface area contributed by atoms with E-state index in [2.05, 4.69) is 5.32 Å². The lowest BCUT2D eigenvalue weighted by Crippen LogP contribution is -2.01. The Labute approximate surface area is 121 Å². The average Bonchev–Trinajstić information content (AvgIpc) is 3.02. The highest BCUT2D eigenvalue weighted by Crippen LogP contribution is 2.38. The molecular weight excluding hydrogens is 272 g/mol. The van der Waals surface area contributed by atoms with Gasteiger partial charge in [-0.2, -0.15) is 5.26 Å². The number of cyclic esters (lactones) is 1. The molecule has 6 nitrogen and oxygen atoms in total. The zero-order chi connectivity index (χ0) is 14.8. The molecule has 1 atom stereocenters. The van der Waals surface area contributed by atoms with E-state index in [9.17, 15) is 4.79 Å². The van der Waals surface area contributed by atoms with Crippen LogP contribution in [0, 0.1) is 11.3 Å². The van der Waals surface area contributed by atoms with Crippen LogP contribution < -0.4 is 14.8 Å². The number of nitriles is 1. The van der Waals surface area contributed by atoms with Crippen molar-refractivity contribution in [1.29, 1.82) is 5.26 Å². The number of nitrogens with one attached hydrogen (secondary N) is 1. The van der Waals surface area contributed by atoms with Crippen LogP contribution in [0.15, 0.2) is 17.7 Å². The fourth-order valence-corrected chi connectivity index (χ4v) is 2.36. The number of anilines is 1. The van der Waals surface area contributed by atoms with Gasteiger partial charge in [-0.15, -0.1) is 0 Å². The summed E-state index contributed by atoms with van der Waals surface area (Å²) < 4.78 is 15.8. The first-order valence-electron chi connectivity index (χ1n) is 6.63. The molecule has 108 valence electrons. The van der Waals surface area contributed by atoms with Crippen molar-refractivity contribution in [2.24, 2.45) is 0 Å². The molecule has 0 aromatic heterocycles. The molecule has 0 saturated carbocycles. The zero-order valence-electron chi connectivity index (χ0n) is 11.5. The minimum atomic E-state index is -0.300. The van der Waals surface area contributed by atoms with Gasteiger partial charge < -0.3 is 19.5 Å². The van der Waals surface area contributed by atoms with E-state index in [0.29, 0.717) is 23.5 Å². The number of carbonyl (C=O) groups is 1. The van der Waals surface area contributed by atoms with Crippen molar-refractivity contribution in [3.8, 4) is 17.6 Å². The van der Waals surface area contributed by atoms with Crippen LogP contribution in [-0.2, 0) is 9.53 Å². The van der Waals surface area contributed by atoms with Crippen molar-refractivity contribution in [2.75, 3.05) is 18.7 Å². The van der Waals surface area contributed by atoms with Crippen LogP contribution in [0.4, 0.5) is 5.69 Å². The molecular formula is C15H14N2O4. The summed E-state index contributed by atoms with van der Waals surface area (Å²) in [6.07, 6.45) is 2.24. The number of hydrogen-bond acceptors (Lipinski definition) is 6. The molecule has 1 aromatic carbocycles. The van der Waals surface area contributed by atoms with E-state index in [-0.39, 0.29) is 25.4 Å². The van der Waals surface area contributed by atoms with E-state index in [1.165, 1.54) is 0 Å². The van der Waals surface area contributed by atoms with Crippen molar-refractivity contribution < 1.29 is 19.0 Å². The summed E-state index contributed by atoms with van der Waals surface area (Å²) in [5.74, 6) is 0.954. The van der Waals surface area contributed by atoms with Gasteiger partial charge in [0.1, 0.15) is 12.6 Å². The Kier molecular flexibility index (Phi) is 3.40. The number of rotatable bonds is 3. The second-order valence-corrected chi connectivity index (χ2v) is 4.89. The molecule has 6 heteroatoms. The van der Waals surface area contributed by atoms with Gasteiger partial charge in [-0.1, -0.05) is 0 Å². The predicted molar refractivity (Wildman–Crippen MR) is 74.8 cm³/mol. The number of fused-ring (bicyclic) bond motifs is 1. The summed E-state index contributed by atoms with van der Waals surface area (Å²) in [6, 6.07) is 5.60. The fraction of sp³-hybridized carbons (Fsp3) is 0.333. The Morgan fingerprint density at radius 3 is 2.86 bits per heavy atom. The fourth-order valence-electron chi connectivity index (χ4n) is 2.36. The molecule has 1 unspecified atom stereocenters. The maximum absolute atomic E-state index is 11.7. The molecule has 3 rings (SSSR count). The lowest BCUT2D eigenvalue weighted by atomic mass is 10.1. The lowest BCUT2D eigenvalue weighted by Gasteiger charge is -2.09. The Morgan fingerprint density at radius 2 is 2.19 bits per heavy atom. The summed E-state index contributed by atoms with van der Waals surface area (Å²) in [5.41, 5.74) is 2.11. The Hall–Kier alpha value is -2.68. The van der Waals surface area contributed by atoms with Crippen LogP contribution >= 0.6 is 0 Å².